The van der Waals surface area contributed by atoms with Crippen molar-refractivity contribution in [2.45, 2.75) is 6.92 Å². The van der Waals surface area contributed by atoms with Crippen LogP contribution in [-0.4, -0.2) is 12.8 Å². The van der Waals surface area contributed by atoms with E-state index in [0.29, 0.717) is 0 Å². The molecule has 0 saturated heterocycles. The van der Waals surface area contributed by atoms with E-state index in [4.69, 9.17) is 0 Å². The van der Waals surface area contributed by atoms with Crippen molar-refractivity contribution in [2.24, 2.45) is 0 Å². The second-order valence-electron chi connectivity index (χ2n) is 2.78. The van der Waals surface area contributed by atoms with E-state index < -0.39 is 0 Å². The molecular weight excluding hydrogens is 162 g/mol. The van der Waals surface area contributed by atoms with E-state index in [0.717, 1.165) is 11.3 Å². The standard InChI is InChI=1S/C11H13NO/c1-9(13)8-11(12-2)10-6-4-3-5-7-10/h3-8,12H,1-2H3/b11-8-. The van der Waals surface area contributed by atoms with Crippen LogP contribution in [0.15, 0.2) is 36.4 Å². The normalized spacial score (nSPS) is 11.1. The lowest BCUT2D eigenvalue weighted by atomic mass is 10.1. The Morgan fingerprint density at radius 1 is 1.31 bits per heavy atom. The first kappa shape index (κ1) is 9.52. The van der Waals surface area contributed by atoms with Crippen LogP contribution in [0.25, 0.3) is 5.70 Å². The zero-order chi connectivity index (χ0) is 9.68. The quantitative estimate of drug-likeness (QED) is 0.710. The highest BCUT2D eigenvalue weighted by atomic mass is 16.1. The van der Waals surface area contributed by atoms with E-state index in [2.05, 4.69) is 5.32 Å². The number of ketones is 1. The number of hydrogen-bond acceptors (Lipinski definition) is 2. The van der Waals surface area contributed by atoms with Gasteiger partial charge < -0.3 is 5.32 Å². The van der Waals surface area contributed by atoms with E-state index in [1.165, 1.54) is 0 Å². The number of nitrogens with one attached hydrogen (secondary N) is 1. The lowest BCUT2D eigenvalue weighted by Crippen LogP contribution is -2.06. The van der Waals surface area contributed by atoms with Crippen LogP contribution in [0.2, 0.25) is 0 Å². The first-order valence-electron chi connectivity index (χ1n) is 4.19. The van der Waals surface area contributed by atoms with Crippen LogP contribution in [0.5, 0.6) is 0 Å². The molecule has 2 heteroatoms. The number of hydrogen-bond donors (Lipinski definition) is 1. The van der Waals surface area contributed by atoms with Crippen LogP contribution in [0.4, 0.5) is 0 Å². The van der Waals surface area contributed by atoms with Gasteiger partial charge in [0.05, 0.1) is 0 Å². The van der Waals surface area contributed by atoms with Crippen molar-refractivity contribution >= 4 is 11.5 Å². The van der Waals surface area contributed by atoms with Crippen molar-refractivity contribution in [3.05, 3.63) is 42.0 Å². The Bertz CT molecular complexity index is 314. The zero-order valence-corrected chi connectivity index (χ0v) is 7.87. The first-order valence-corrected chi connectivity index (χ1v) is 4.19. The van der Waals surface area contributed by atoms with Gasteiger partial charge in [-0.1, -0.05) is 30.3 Å². The molecule has 68 valence electrons. The fourth-order valence-electron chi connectivity index (χ4n) is 1.12. The summed E-state index contributed by atoms with van der Waals surface area (Å²) in [5.41, 5.74) is 1.88. The molecule has 0 fully saturated rings. The Kier molecular flexibility index (Phi) is 3.26. The molecule has 0 heterocycles. The molecule has 0 saturated carbocycles. The summed E-state index contributed by atoms with van der Waals surface area (Å²) in [6, 6.07) is 9.77. The van der Waals surface area contributed by atoms with Gasteiger partial charge in [0.25, 0.3) is 0 Å². The van der Waals surface area contributed by atoms with Crippen LogP contribution in [0.1, 0.15) is 12.5 Å². The molecule has 1 N–H and O–H groups in total. The Morgan fingerprint density at radius 2 is 1.92 bits per heavy atom. The van der Waals surface area contributed by atoms with Gasteiger partial charge in [0.15, 0.2) is 5.78 Å². The summed E-state index contributed by atoms with van der Waals surface area (Å²) in [5, 5.41) is 2.99. The zero-order valence-electron chi connectivity index (χ0n) is 7.87. The molecule has 0 spiro atoms. The van der Waals surface area contributed by atoms with Gasteiger partial charge in [0.1, 0.15) is 0 Å². The fraction of sp³-hybridized carbons (Fsp3) is 0.182. The van der Waals surface area contributed by atoms with Gasteiger partial charge in [-0.3, -0.25) is 4.79 Å². The van der Waals surface area contributed by atoms with Gasteiger partial charge in [-0.15, -0.1) is 0 Å². The van der Waals surface area contributed by atoms with Crippen molar-refractivity contribution in [1.29, 1.82) is 0 Å². The van der Waals surface area contributed by atoms with Crippen molar-refractivity contribution in [2.75, 3.05) is 7.05 Å². The monoisotopic (exact) mass is 175 g/mol. The summed E-state index contributed by atoms with van der Waals surface area (Å²) < 4.78 is 0. The predicted molar refractivity (Wildman–Crippen MR) is 54.2 cm³/mol. The Hall–Kier alpha value is -1.57. The lowest BCUT2D eigenvalue weighted by Gasteiger charge is -2.05. The predicted octanol–water partition coefficient (Wildman–Crippen LogP) is 1.84. The van der Waals surface area contributed by atoms with Crippen LogP contribution in [0.3, 0.4) is 0 Å². The maximum Gasteiger partial charge on any atom is 0.154 e. The average molecular weight is 175 g/mol. The molecule has 0 unspecified atom stereocenters. The number of allylic oxidation sites excluding steroid dienone is 1. The fourth-order valence-corrected chi connectivity index (χ4v) is 1.12. The molecule has 1 aromatic rings. The third-order valence-corrected chi connectivity index (χ3v) is 1.70. The van der Waals surface area contributed by atoms with Crippen LogP contribution >= 0.6 is 0 Å². The second-order valence-corrected chi connectivity index (χ2v) is 2.78. The highest BCUT2D eigenvalue weighted by Gasteiger charge is 1.98. The largest absolute Gasteiger partial charge is 0.388 e. The average Bonchev–Trinajstić information content (AvgIpc) is 2.15. The Balaban J connectivity index is 2.98. The van der Waals surface area contributed by atoms with Crippen LogP contribution < -0.4 is 5.32 Å². The molecule has 0 aliphatic rings. The molecule has 13 heavy (non-hydrogen) atoms. The van der Waals surface area contributed by atoms with Gasteiger partial charge in [-0.25, -0.2) is 0 Å². The SMILES string of the molecule is CN/C(=C\C(C)=O)c1ccccc1. The summed E-state index contributed by atoms with van der Waals surface area (Å²) in [6.45, 7) is 1.54. The van der Waals surface area contributed by atoms with Crippen molar-refractivity contribution in [3.63, 3.8) is 0 Å². The van der Waals surface area contributed by atoms with Crippen LogP contribution in [-0.2, 0) is 4.79 Å². The summed E-state index contributed by atoms with van der Waals surface area (Å²) in [4.78, 5) is 10.9. The minimum absolute atomic E-state index is 0.0493. The summed E-state index contributed by atoms with van der Waals surface area (Å²) in [7, 11) is 1.81. The number of carbonyl (C=O) groups excluding carboxylic acids is 1. The van der Waals surface area contributed by atoms with Crippen LogP contribution in [0, 0.1) is 0 Å². The third-order valence-electron chi connectivity index (χ3n) is 1.70. The molecule has 1 aromatic carbocycles. The van der Waals surface area contributed by atoms with E-state index in [-0.39, 0.29) is 5.78 Å². The maximum absolute atomic E-state index is 10.9. The highest BCUT2D eigenvalue weighted by Crippen LogP contribution is 2.09. The van der Waals surface area contributed by atoms with Gasteiger partial charge in [-0.05, 0) is 12.5 Å². The molecule has 0 aliphatic carbocycles. The smallest absolute Gasteiger partial charge is 0.154 e. The Morgan fingerprint density at radius 3 is 2.38 bits per heavy atom. The van der Waals surface area contributed by atoms with Gasteiger partial charge in [-0.2, -0.15) is 0 Å². The lowest BCUT2D eigenvalue weighted by molar-refractivity contribution is -0.112. The van der Waals surface area contributed by atoms with Crippen molar-refractivity contribution < 1.29 is 4.79 Å². The number of benzene rings is 1. The molecule has 0 atom stereocenters. The Labute approximate surface area is 78.3 Å². The van der Waals surface area contributed by atoms with Gasteiger partial charge in [0, 0.05) is 18.8 Å². The third kappa shape index (κ3) is 2.75. The molecule has 0 bridgehead atoms. The summed E-state index contributed by atoms with van der Waals surface area (Å²) in [6.07, 6.45) is 1.59. The molecule has 1 rings (SSSR count). The highest BCUT2D eigenvalue weighted by molar-refractivity contribution is 5.94. The molecule has 2 nitrogen and oxygen atoms in total. The topological polar surface area (TPSA) is 29.1 Å². The molecular formula is C11H13NO. The first-order chi connectivity index (χ1) is 6.24. The molecule has 0 amide bonds. The van der Waals surface area contributed by atoms with Gasteiger partial charge in [0.2, 0.25) is 0 Å². The minimum Gasteiger partial charge on any atom is -0.388 e. The van der Waals surface area contributed by atoms with E-state index in [1.807, 2.05) is 37.4 Å². The van der Waals surface area contributed by atoms with Gasteiger partial charge >= 0.3 is 0 Å². The summed E-state index contributed by atoms with van der Waals surface area (Å²) in [5.74, 6) is 0.0493. The van der Waals surface area contributed by atoms with E-state index >= 15 is 0 Å². The molecule has 0 aromatic heterocycles. The van der Waals surface area contributed by atoms with E-state index in [1.54, 1.807) is 13.0 Å². The maximum atomic E-state index is 10.9. The molecule has 0 radical (unpaired) electrons. The minimum atomic E-state index is 0.0493. The van der Waals surface area contributed by atoms with E-state index in [9.17, 15) is 4.79 Å². The number of carbonyl (C=O) groups is 1. The molecule has 0 aliphatic heterocycles. The summed E-state index contributed by atoms with van der Waals surface area (Å²) >= 11 is 0. The second kappa shape index (κ2) is 4.45. The van der Waals surface area contributed by atoms with Crippen molar-refractivity contribution in [1.82, 2.24) is 5.32 Å². The number of rotatable bonds is 3. The van der Waals surface area contributed by atoms with Crippen molar-refractivity contribution in [3.8, 4) is 0 Å².